The molecule has 188 valence electrons. The number of methoxy groups -OCH3 is 1. The van der Waals surface area contributed by atoms with Crippen molar-refractivity contribution in [3.63, 3.8) is 0 Å². The third-order valence-corrected chi connectivity index (χ3v) is 6.34. The van der Waals surface area contributed by atoms with Gasteiger partial charge in [0.25, 0.3) is 0 Å². The predicted octanol–water partition coefficient (Wildman–Crippen LogP) is 2.93. The SMILES string of the molecule is COC(C)c1cc(N2CCN(CCN3CCOCC3)CC2)nn1-c1ccc(OC(F)(F)F)cc1. The summed E-state index contributed by atoms with van der Waals surface area (Å²) in [5.41, 5.74) is 1.47. The Balaban J connectivity index is 1.41. The van der Waals surface area contributed by atoms with E-state index in [1.807, 2.05) is 13.0 Å². The molecule has 2 aliphatic rings. The summed E-state index contributed by atoms with van der Waals surface area (Å²) >= 11 is 0. The number of benzene rings is 1. The van der Waals surface area contributed by atoms with Crippen LogP contribution in [0.15, 0.2) is 30.3 Å². The zero-order chi connectivity index (χ0) is 24.1. The molecule has 8 nitrogen and oxygen atoms in total. The standard InChI is InChI=1S/C23H32F3N5O3/c1-18(32-2)21-17-22(27-31(21)19-3-5-20(6-4-19)34-23(24,25)26)30-11-9-28(10-12-30)7-8-29-13-15-33-16-14-29/h3-6,17-18H,7-16H2,1-2H3. The Morgan fingerprint density at radius 2 is 1.59 bits per heavy atom. The van der Waals surface area contributed by atoms with Gasteiger partial charge in [-0.2, -0.15) is 0 Å². The number of rotatable bonds is 8. The minimum absolute atomic E-state index is 0.234. The van der Waals surface area contributed by atoms with E-state index >= 15 is 0 Å². The lowest BCUT2D eigenvalue weighted by Gasteiger charge is -2.36. The lowest BCUT2D eigenvalue weighted by atomic mass is 10.2. The van der Waals surface area contributed by atoms with E-state index in [1.165, 1.54) is 12.1 Å². The summed E-state index contributed by atoms with van der Waals surface area (Å²) in [6.45, 7) is 11.3. The van der Waals surface area contributed by atoms with Crippen molar-refractivity contribution in [2.45, 2.75) is 19.4 Å². The molecule has 2 fully saturated rings. The molecule has 0 bridgehead atoms. The van der Waals surface area contributed by atoms with Crippen molar-refractivity contribution in [1.82, 2.24) is 19.6 Å². The summed E-state index contributed by atoms with van der Waals surface area (Å²) in [6.07, 6.45) is -4.96. The summed E-state index contributed by atoms with van der Waals surface area (Å²) in [5, 5.41) is 4.78. The number of piperazine rings is 1. The normalized spacial score (nSPS) is 19.4. The van der Waals surface area contributed by atoms with Gasteiger partial charge in [-0.15, -0.1) is 18.3 Å². The molecule has 11 heteroatoms. The van der Waals surface area contributed by atoms with E-state index in [2.05, 4.69) is 19.4 Å². The molecule has 0 spiro atoms. The van der Waals surface area contributed by atoms with Crippen molar-refractivity contribution in [1.29, 1.82) is 0 Å². The monoisotopic (exact) mass is 483 g/mol. The van der Waals surface area contributed by atoms with E-state index in [0.717, 1.165) is 77.1 Å². The minimum atomic E-state index is -4.72. The average molecular weight is 484 g/mol. The minimum Gasteiger partial charge on any atom is -0.406 e. The molecule has 4 rings (SSSR count). The third kappa shape index (κ3) is 6.41. The van der Waals surface area contributed by atoms with Gasteiger partial charge >= 0.3 is 6.36 Å². The van der Waals surface area contributed by atoms with E-state index in [1.54, 1.807) is 23.9 Å². The molecule has 0 aliphatic carbocycles. The highest BCUT2D eigenvalue weighted by Gasteiger charge is 2.31. The molecule has 0 amide bonds. The highest BCUT2D eigenvalue weighted by atomic mass is 19.4. The number of ether oxygens (including phenoxy) is 3. The maximum atomic E-state index is 12.5. The molecule has 1 aromatic heterocycles. The fourth-order valence-corrected chi connectivity index (χ4v) is 4.25. The third-order valence-electron chi connectivity index (χ3n) is 6.34. The zero-order valence-corrected chi connectivity index (χ0v) is 19.6. The van der Waals surface area contributed by atoms with E-state index < -0.39 is 6.36 Å². The van der Waals surface area contributed by atoms with Crippen LogP contribution in [0.1, 0.15) is 18.7 Å². The van der Waals surface area contributed by atoms with Crippen LogP contribution in [0.5, 0.6) is 5.75 Å². The quantitative estimate of drug-likeness (QED) is 0.572. The van der Waals surface area contributed by atoms with Crippen LogP contribution in [0.4, 0.5) is 19.0 Å². The average Bonchev–Trinajstić information content (AvgIpc) is 3.28. The first kappa shape index (κ1) is 24.8. The Kier molecular flexibility index (Phi) is 7.97. The van der Waals surface area contributed by atoms with E-state index in [9.17, 15) is 13.2 Å². The van der Waals surface area contributed by atoms with Gasteiger partial charge in [0.05, 0.1) is 30.7 Å². The van der Waals surface area contributed by atoms with Crippen LogP contribution in [-0.4, -0.2) is 98.6 Å². The second-order valence-electron chi connectivity index (χ2n) is 8.54. The molecule has 1 atom stereocenters. The molecular formula is C23H32F3N5O3. The van der Waals surface area contributed by atoms with E-state index in [0.29, 0.717) is 5.69 Å². The summed E-state index contributed by atoms with van der Waals surface area (Å²) in [7, 11) is 1.62. The predicted molar refractivity (Wildman–Crippen MR) is 122 cm³/mol. The Hall–Kier alpha value is -2.34. The van der Waals surface area contributed by atoms with Gasteiger partial charge in [-0.3, -0.25) is 9.80 Å². The number of halogens is 3. The first-order valence-electron chi connectivity index (χ1n) is 11.6. The molecular weight excluding hydrogens is 451 g/mol. The number of hydrogen-bond acceptors (Lipinski definition) is 7. The number of hydrogen-bond donors (Lipinski definition) is 0. The van der Waals surface area contributed by atoms with Gasteiger partial charge < -0.3 is 19.1 Å². The topological polar surface area (TPSA) is 55.2 Å². The maximum absolute atomic E-state index is 12.5. The van der Waals surface area contributed by atoms with Gasteiger partial charge in [0, 0.05) is 65.5 Å². The summed E-state index contributed by atoms with van der Waals surface area (Å²) < 4.78 is 54.1. The van der Waals surface area contributed by atoms with Crippen LogP contribution < -0.4 is 9.64 Å². The van der Waals surface area contributed by atoms with Crippen LogP contribution >= 0.6 is 0 Å². The number of aromatic nitrogens is 2. The molecule has 1 unspecified atom stereocenters. The summed E-state index contributed by atoms with van der Waals surface area (Å²) in [5.74, 6) is 0.570. The van der Waals surface area contributed by atoms with Crippen molar-refractivity contribution in [3.05, 3.63) is 36.0 Å². The van der Waals surface area contributed by atoms with Crippen LogP contribution in [0.3, 0.4) is 0 Å². The zero-order valence-electron chi connectivity index (χ0n) is 19.6. The van der Waals surface area contributed by atoms with Gasteiger partial charge in [-0.25, -0.2) is 4.68 Å². The maximum Gasteiger partial charge on any atom is 0.573 e. The number of anilines is 1. The Morgan fingerprint density at radius 1 is 0.971 bits per heavy atom. The lowest BCUT2D eigenvalue weighted by Crippen LogP contribution is -2.49. The smallest absolute Gasteiger partial charge is 0.406 e. The molecule has 0 saturated carbocycles. The number of nitrogens with zero attached hydrogens (tertiary/aromatic N) is 5. The van der Waals surface area contributed by atoms with E-state index in [4.69, 9.17) is 14.6 Å². The molecule has 1 aromatic carbocycles. The highest BCUT2D eigenvalue weighted by molar-refractivity contribution is 5.46. The van der Waals surface area contributed by atoms with Crippen LogP contribution in [-0.2, 0) is 9.47 Å². The Morgan fingerprint density at radius 3 is 2.18 bits per heavy atom. The van der Waals surface area contributed by atoms with Crippen LogP contribution in [0, 0.1) is 0 Å². The molecule has 2 aliphatic heterocycles. The lowest BCUT2D eigenvalue weighted by molar-refractivity contribution is -0.274. The highest BCUT2D eigenvalue weighted by Crippen LogP contribution is 2.28. The van der Waals surface area contributed by atoms with Crippen molar-refractivity contribution in [3.8, 4) is 11.4 Å². The van der Waals surface area contributed by atoms with Crippen LogP contribution in [0.25, 0.3) is 5.69 Å². The first-order valence-corrected chi connectivity index (χ1v) is 11.6. The molecule has 0 N–H and O–H groups in total. The second kappa shape index (κ2) is 10.9. The molecule has 3 heterocycles. The van der Waals surface area contributed by atoms with E-state index in [-0.39, 0.29) is 11.9 Å². The van der Waals surface area contributed by atoms with Gasteiger partial charge in [0.1, 0.15) is 5.75 Å². The van der Waals surface area contributed by atoms with Gasteiger partial charge in [0.2, 0.25) is 0 Å². The van der Waals surface area contributed by atoms with Crippen molar-refractivity contribution in [2.75, 3.05) is 77.6 Å². The molecule has 2 aromatic rings. The number of morpholine rings is 1. The van der Waals surface area contributed by atoms with Crippen LogP contribution in [0.2, 0.25) is 0 Å². The fourth-order valence-electron chi connectivity index (χ4n) is 4.25. The fraction of sp³-hybridized carbons (Fsp3) is 0.609. The van der Waals surface area contributed by atoms with Gasteiger partial charge in [-0.1, -0.05) is 0 Å². The van der Waals surface area contributed by atoms with Crippen molar-refractivity contribution in [2.24, 2.45) is 0 Å². The van der Waals surface area contributed by atoms with Gasteiger partial charge in [-0.05, 0) is 31.2 Å². The first-order chi connectivity index (χ1) is 16.3. The largest absolute Gasteiger partial charge is 0.573 e. The van der Waals surface area contributed by atoms with Crippen molar-refractivity contribution < 1.29 is 27.4 Å². The Bertz CT molecular complexity index is 908. The summed E-state index contributed by atoms with van der Waals surface area (Å²) in [6, 6.07) is 7.70. The molecule has 34 heavy (non-hydrogen) atoms. The summed E-state index contributed by atoms with van der Waals surface area (Å²) in [4.78, 5) is 7.16. The molecule has 2 saturated heterocycles. The molecule has 0 radical (unpaired) electrons. The second-order valence-corrected chi connectivity index (χ2v) is 8.54. The van der Waals surface area contributed by atoms with Gasteiger partial charge in [0.15, 0.2) is 5.82 Å². The van der Waals surface area contributed by atoms with Crippen molar-refractivity contribution >= 4 is 5.82 Å². The number of alkyl halides is 3. The Labute approximate surface area is 197 Å².